The fourth-order valence-electron chi connectivity index (χ4n) is 3.99. The molecule has 1 atom stereocenters. The van der Waals surface area contributed by atoms with Crippen molar-refractivity contribution in [1.82, 2.24) is 0 Å². The molecule has 1 unspecified atom stereocenters. The Kier molecular flexibility index (Phi) is 5.19. The van der Waals surface area contributed by atoms with Crippen molar-refractivity contribution in [3.63, 3.8) is 0 Å². The molecule has 158 valence electrons. The van der Waals surface area contributed by atoms with Gasteiger partial charge in [-0.2, -0.15) is 13.2 Å². The van der Waals surface area contributed by atoms with E-state index in [1.807, 2.05) is 0 Å². The van der Waals surface area contributed by atoms with Crippen LogP contribution in [0, 0.1) is 0 Å². The van der Waals surface area contributed by atoms with Gasteiger partial charge in [0, 0.05) is 23.3 Å². The van der Waals surface area contributed by atoms with Crippen molar-refractivity contribution in [2.75, 3.05) is 13.7 Å². The van der Waals surface area contributed by atoms with Gasteiger partial charge in [0.15, 0.2) is 0 Å². The van der Waals surface area contributed by atoms with Gasteiger partial charge in [-0.05, 0) is 47.7 Å². The van der Waals surface area contributed by atoms with Crippen LogP contribution in [0.4, 0.5) is 13.2 Å². The molecule has 0 fully saturated rings. The Morgan fingerprint density at radius 1 is 1.30 bits per heavy atom. The number of halogens is 3. The number of aliphatic hydroxyl groups excluding tert-OH is 1. The summed E-state index contributed by atoms with van der Waals surface area (Å²) in [4.78, 5) is 11.5. The quantitative estimate of drug-likeness (QED) is 0.593. The molecule has 2 aromatic carbocycles. The largest absolute Gasteiger partial charge is 0.488 e. The number of carbonyl (C=O) groups excluding carboxylic acids is 1. The van der Waals surface area contributed by atoms with Gasteiger partial charge in [0.2, 0.25) is 0 Å². The monoisotopic (exact) mass is 420 g/mol. The Balaban J connectivity index is 1.58. The highest BCUT2D eigenvalue weighted by Gasteiger charge is 2.37. The Bertz CT molecular complexity index is 1030. The first-order chi connectivity index (χ1) is 14.3. The average Bonchev–Trinajstić information content (AvgIpc) is 3.30. The van der Waals surface area contributed by atoms with Crippen LogP contribution >= 0.6 is 0 Å². The number of ether oxygens (including phenoxy) is 3. The third-order valence-corrected chi connectivity index (χ3v) is 5.39. The van der Waals surface area contributed by atoms with Crippen molar-refractivity contribution >= 4 is 11.5 Å². The van der Waals surface area contributed by atoms with Crippen LogP contribution in [0.1, 0.15) is 40.3 Å². The number of benzene rings is 2. The first-order valence-corrected chi connectivity index (χ1v) is 9.37. The molecule has 0 spiro atoms. The lowest BCUT2D eigenvalue weighted by atomic mass is 9.97. The smallest absolute Gasteiger partial charge is 0.416 e. The standard InChI is InChI=1S/C22H19F3O5/c1-28-21(27)8-12-11-29-20-9-13(2-3-14(12)20)30-19-7-5-15-16(19)4-6-18(17(15)10-26)22(23,24)25/h2-4,6,8-9,19,26H,5,7,10-11H2,1H3. The van der Waals surface area contributed by atoms with Crippen LogP contribution in [0.25, 0.3) is 5.57 Å². The van der Waals surface area contributed by atoms with E-state index in [-0.39, 0.29) is 12.2 Å². The predicted octanol–water partition coefficient (Wildman–Crippen LogP) is 4.21. The first kappa shape index (κ1) is 20.3. The van der Waals surface area contributed by atoms with Gasteiger partial charge in [0.1, 0.15) is 24.2 Å². The van der Waals surface area contributed by atoms with Gasteiger partial charge < -0.3 is 19.3 Å². The summed E-state index contributed by atoms with van der Waals surface area (Å²) in [7, 11) is 1.30. The number of hydrogen-bond acceptors (Lipinski definition) is 5. The number of carbonyl (C=O) groups is 1. The fraction of sp³-hybridized carbons (Fsp3) is 0.318. The highest BCUT2D eigenvalue weighted by Crippen LogP contribution is 2.43. The molecule has 2 aromatic rings. The van der Waals surface area contributed by atoms with Crippen molar-refractivity contribution in [2.45, 2.75) is 31.7 Å². The highest BCUT2D eigenvalue weighted by atomic mass is 19.4. The number of aliphatic hydroxyl groups is 1. The molecule has 30 heavy (non-hydrogen) atoms. The normalized spacial score (nSPS) is 18.7. The Hall–Kier alpha value is -3.00. The number of esters is 1. The number of rotatable bonds is 4. The second kappa shape index (κ2) is 7.68. The molecule has 0 amide bonds. The van der Waals surface area contributed by atoms with Crippen LogP contribution in [0.3, 0.4) is 0 Å². The number of methoxy groups -OCH3 is 1. The number of alkyl halides is 3. The molecule has 0 aromatic heterocycles. The lowest BCUT2D eigenvalue weighted by molar-refractivity contribution is -0.138. The Morgan fingerprint density at radius 3 is 2.80 bits per heavy atom. The third-order valence-electron chi connectivity index (χ3n) is 5.39. The minimum Gasteiger partial charge on any atom is -0.488 e. The topological polar surface area (TPSA) is 65.0 Å². The fourth-order valence-corrected chi connectivity index (χ4v) is 3.99. The zero-order valence-corrected chi connectivity index (χ0v) is 16.1. The zero-order chi connectivity index (χ0) is 21.5. The van der Waals surface area contributed by atoms with Gasteiger partial charge in [-0.25, -0.2) is 4.79 Å². The molecule has 0 saturated heterocycles. The molecule has 1 aliphatic carbocycles. The molecule has 0 radical (unpaired) electrons. The summed E-state index contributed by atoms with van der Waals surface area (Å²) in [5, 5.41) is 9.54. The summed E-state index contributed by atoms with van der Waals surface area (Å²) in [5.41, 5.74) is 1.72. The van der Waals surface area contributed by atoms with E-state index in [1.165, 1.54) is 19.3 Å². The van der Waals surface area contributed by atoms with E-state index in [2.05, 4.69) is 4.74 Å². The first-order valence-electron chi connectivity index (χ1n) is 9.37. The third kappa shape index (κ3) is 3.63. The molecule has 1 heterocycles. The minimum absolute atomic E-state index is 0.0824. The molecule has 1 N–H and O–H groups in total. The number of fused-ring (bicyclic) bond motifs is 2. The molecule has 2 aliphatic rings. The molecular weight excluding hydrogens is 401 g/mol. The molecule has 0 bridgehead atoms. The Labute approximate surface area is 170 Å². The second-order valence-corrected chi connectivity index (χ2v) is 7.10. The molecule has 8 heteroatoms. The summed E-state index contributed by atoms with van der Waals surface area (Å²) in [6, 6.07) is 7.63. The van der Waals surface area contributed by atoms with Gasteiger partial charge in [-0.15, -0.1) is 0 Å². The van der Waals surface area contributed by atoms with E-state index in [0.29, 0.717) is 41.0 Å². The van der Waals surface area contributed by atoms with Crippen LogP contribution in [0.5, 0.6) is 11.5 Å². The van der Waals surface area contributed by atoms with Gasteiger partial charge in [0.25, 0.3) is 0 Å². The minimum atomic E-state index is -4.52. The van der Waals surface area contributed by atoms with E-state index in [9.17, 15) is 23.1 Å². The van der Waals surface area contributed by atoms with Gasteiger partial charge >= 0.3 is 12.1 Å². The number of hydrogen-bond donors (Lipinski definition) is 1. The lowest BCUT2D eigenvalue weighted by Gasteiger charge is -2.18. The van der Waals surface area contributed by atoms with Crippen LogP contribution in [-0.4, -0.2) is 24.8 Å². The maximum atomic E-state index is 13.2. The van der Waals surface area contributed by atoms with Crippen molar-refractivity contribution in [3.05, 3.63) is 64.2 Å². The molecule has 4 rings (SSSR count). The van der Waals surface area contributed by atoms with Crippen LogP contribution < -0.4 is 9.47 Å². The Morgan fingerprint density at radius 2 is 2.10 bits per heavy atom. The van der Waals surface area contributed by atoms with Crippen LogP contribution in [0.2, 0.25) is 0 Å². The molecule has 5 nitrogen and oxygen atoms in total. The van der Waals surface area contributed by atoms with Crippen molar-refractivity contribution in [2.24, 2.45) is 0 Å². The van der Waals surface area contributed by atoms with Gasteiger partial charge in [-0.3, -0.25) is 0 Å². The van der Waals surface area contributed by atoms with Crippen LogP contribution in [0.15, 0.2) is 36.4 Å². The van der Waals surface area contributed by atoms with Gasteiger partial charge in [0.05, 0.1) is 19.3 Å². The van der Waals surface area contributed by atoms with E-state index >= 15 is 0 Å². The zero-order valence-electron chi connectivity index (χ0n) is 16.1. The molecule has 1 aliphatic heterocycles. The molecule has 0 saturated carbocycles. The van der Waals surface area contributed by atoms with E-state index in [1.54, 1.807) is 18.2 Å². The molecular formula is C22H19F3O5. The van der Waals surface area contributed by atoms with E-state index < -0.39 is 30.4 Å². The lowest BCUT2D eigenvalue weighted by Crippen LogP contribution is -2.12. The maximum Gasteiger partial charge on any atom is 0.416 e. The average molecular weight is 420 g/mol. The van der Waals surface area contributed by atoms with Crippen LogP contribution in [-0.2, 0) is 28.7 Å². The second-order valence-electron chi connectivity index (χ2n) is 7.10. The summed E-state index contributed by atoms with van der Waals surface area (Å²) in [5.74, 6) is 0.600. The van der Waals surface area contributed by atoms with Crippen molar-refractivity contribution in [3.8, 4) is 11.5 Å². The SMILES string of the molecule is COC(=O)C=C1COc2cc(OC3CCc4c3ccc(C(F)(F)F)c4CO)ccc21. The summed E-state index contributed by atoms with van der Waals surface area (Å²) >= 11 is 0. The van der Waals surface area contributed by atoms with Crippen molar-refractivity contribution in [1.29, 1.82) is 0 Å². The maximum absolute atomic E-state index is 13.2. The van der Waals surface area contributed by atoms with Crippen molar-refractivity contribution < 1.29 is 37.3 Å². The summed E-state index contributed by atoms with van der Waals surface area (Å²) < 4.78 is 55.9. The summed E-state index contributed by atoms with van der Waals surface area (Å²) in [6.07, 6.45) is -2.66. The van der Waals surface area contributed by atoms with E-state index in [0.717, 1.165) is 11.6 Å². The van der Waals surface area contributed by atoms with Gasteiger partial charge in [-0.1, -0.05) is 6.07 Å². The summed E-state index contributed by atoms with van der Waals surface area (Å²) in [6.45, 7) is -0.438. The van der Waals surface area contributed by atoms with E-state index in [4.69, 9.17) is 9.47 Å². The highest BCUT2D eigenvalue weighted by molar-refractivity contribution is 5.93. The predicted molar refractivity (Wildman–Crippen MR) is 101 cm³/mol.